The standard InChI is InChI=1S/C33H33N3O6/c37-31(13-10-23-6-2-1-3-7-23)36-20-27-24-8-4-9-26(18-24)40-17-5-15-35(16-14-34-32(38)28(27)21-36)33(39)25-11-12-29-30(19-25)42-22-41-29/h1-4,6-13,18-19,27-28H,5,14-17,20-22H2,(H,34,38)/t27-,28+/m1/s1. The summed E-state index contributed by atoms with van der Waals surface area (Å²) in [4.78, 5) is 43.6. The molecule has 3 aromatic rings. The van der Waals surface area contributed by atoms with Crippen LogP contribution in [-0.2, 0) is 9.59 Å². The number of benzene rings is 3. The fourth-order valence-corrected chi connectivity index (χ4v) is 5.68. The van der Waals surface area contributed by atoms with Crippen LogP contribution in [0.1, 0.15) is 33.8 Å². The molecule has 0 saturated carbocycles. The van der Waals surface area contributed by atoms with Gasteiger partial charge in [0, 0.05) is 50.3 Å². The van der Waals surface area contributed by atoms with E-state index in [0.717, 1.165) is 11.1 Å². The lowest BCUT2D eigenvalue weighted by Crippen LogP contribution is -2.42. The van der Waals surface area contributed by atoms with E-state index >= 15 is 0 Å². The van der Waals surface area contributed by atoms with Crippen molar-refractivity contribution in [3.63, 3.8) is 0 Å². The second-order valence-electron chi connectivity index (χ2n) is 10.6. The molecule has 0 aliphatic carbocycles. The Balaban J connectivity index is 1.19. The molecule has 9 nitrogen and oxygen atoms in total. The quantitative estimate of drug-likeness (QED) is 0.485. The zero-order valence-corrected chi connectivity index (χ0v) is 23.2. The van der Waals surface area contributed by atoms with E-state index in [1.165, 1.54) is 0 Å². The highest BCUT2D eigenvalue weighted by molar-refractivity contribution is 5.95. The molecule has 1 saturated heterocycles. The van der Waals surface area contributed by atoms with Gasteiger partial charge in [-0.05, 0) is 54.0 Å². The molecular formula is C33H33N3O6. The number of nitrogens with one attached hydrogen (secondary N) is 1. The van der Waals surface area contributed by atoms with E-state index in [1.54, 1.807) is 40.2 Å². The van der Waals surface area contributed by atoms with E-state index in [4.69, 9.17) is 14.2 Å². The molecule has 3 amide bonds. The zero-order valence-electron chi connectivity index (χ0n) is 23.2. The lowest BCUT2D eigenvalue weighted by Gasteiger charge is -2.25. The minimum absolute atomic E-state index is 0.134. The van der Waals surface area contributed by atoms with Crippen LogP contribution in [0.25, 0.3) is 6.08 Å². The lowest BCUT2D eigenvalue weighted by atomic mass is 9.88. The number of ether oxygens (including phenoxy) is 3. The average Bonchev–Trinajstić information content (AvgIpc) is 3.68. The maximum Gasteiger partial charge on any atom is 0.254 e. The van der Waals surface area contributed by atoms with Crippen LogP contribution in [0.3, 0.4) is 0 Å². The predicted octanol–water partition coefficient (Wildman–Crippen LogP) is 3.71. The monoisotopic (exact) mass is 567 g/mol. The molecule has 3 aromatic carbocycles. The van der Waals surface area contributed by atoms with Gasteiger partial charge in [-0.25, -0.2) is 0 Å². The number of hydrogen-bond acceptors (Lipinski definition) is 6. The summed E-state index contributed by atoms with van der Waals surface area (Å²) in [6.45, 7) is 2.39. The third-order valence-corrected chi connectivity index (χ3v) is 7.90. The summed E-state index contributed by atoms with van der Waals surface area (Å²) in [6, 6.07) is 22.6. The van der Waals surface area contributed by atoms with Gasteiger partial charge in [0.25, 0.3) is 5.91 Å². The molecule has 0 spiro atoms. The highest BCUT2D eigenvalue weighted by Gasteiger charge is 2.40. The Labute approximate surface area is 244 Å². The minimum atomic E-state index is -0.435. The average molecular weight is 568 g/mol. The number of amides is 3. The summed E-state index contributed by atoms with van der Waals surface area (Å²) in [5, 5.41) is 3.05. The molecular weight excluding hydrogens is 534 g/mol. The Morgan fingerprint density at radius 3 is 2.55 bits per heavy atom. The molecule has 6 rings (SSSR count). The first kappa shape index (κ1) is 27.4. The Hall–Kier alpha value is -4.79. The molecule has 2 atom stereocenters. The van der Waals surface area contributed by atoms with Crippen molar-refractivity contribution in [2.45, 2.75) is 12.3 Å². The normalized spacial score (nSPS) is 20.4. The Kier molecular flexibility index (Phi) is 8.07. The van der Waals surface area contributed by atoms with Crippen LogP contribution in [0, 0.1) is 5.92 Å². The molecule has 3 heterocycles. The summed E-state index contributed by atoms with van der Waals surface area (Å²) < 4.78 is 16.9. The molecule has 42 heavy (non-hydrogen) atoms. The molecule has 1 fully saturated rings. The first-order valence-electron chi connectivity index (χ1n) is 14.3. The number of nitrogens with zero attached hydrogens (tertiary/aromatic N) is 2. The third kappa shape index (κ3) is 6.10. The summed E-state index contributed by atoms with van der Waals surface area (Å²) in [6.07, 6.45) is 3.98. The second kappa shape index (κ2) is 12.4. The summed E-state index contributed by atoms with van der Waals surface area (Å²) >= 11 is 0. The Bertz CT molecular complexity index is 1490. The van der Waals surface area contributed by atoms with Crippen LogP contribution in [-0.4, -0.2) is 73.6 Å². The van der Waals surface area contributed by atoms with Gasteiger partial charge in [-0.1, -0.05) is 42.5 Å². The van der Waals surface area contributed by atoms with Crippen LogP contribution in [0.15, 0.2) is 78.9 Å². The molecule has 0 aromatic heterocycles. The smallest absolute Gasteiger partial charge is 0.254 e. The van der Waals surface area contributed by atoms with Crippen molar-refractivity contribution in [3.05, 3.63) is 95.6 Å². The number of carbonyl (C=O) groups is 3. The maximum absolute atomic E-state index is 13.6. The third-order valence-electron chi connectivity index (χ3n) is 7.90. The highest BCUT2D eigenvalue weighted by atomic mass is 16.7. The summed E-state index contributed by atoms with van der Waals surface area (Å²) in [7, 11) is 0. The number of fused-ring (bicyclic) bond motifs is 5. The van der Waals surface area contributed by atoms with Crippen molar-refractivity contribution >= 4 is 23.8 Å². The molecule has 216 valence electrons. The van der Waals surface area contributed by atoms with E-state index in [0.29, 0.717) is 68.6 Å². The van der Waals surface area contributed by atoms with E-state index in [-0.39, 0.29) is 30.4 Å². The van der Waals surface area contributed by atoms with Gasteiger partial charge in [0.15, 0.2) is 11.5 Å². The van der Waals surface area contributed by atoms with Crippen LogP contribution in [0.5, 0.6) is 17.2 Å². The van der Waals surface area contributed by atoms with Crippen molar-refractivity contribution in [3.8, 4) is 17.2 Å². The SMILES string of the molecule is O=C1NCCN(C(=O)c2ccc3c(c2)OCO3)CCCOc2cccc(c2)[C@H]2CN(C(=O)C=Cc3ccccc3)C[C@H]12. The Morgan fingerprint density at radius 1 is 0.833 bits per heavy atom. The fourth-order valence-electron chi connectivity index (χ4n) is 5.68. The maximum atomic E-state index is 13.6. The zero-order chi connectivity index (χ0) is 28.9. The number of likely N-dealkylation sites (tertiary alicyclic amines) is 1. The van der Waals surface area contributed by atoms with Gasteiger partial charge in [0.1, 0.15) is 5.75 Å². The molecule has 3 aliphatic rings. The topological polar surface area (TPSA) is 97.4 Å². The van der Waals surface area contributed by atoms with Crippen molar-refractivity contribution in [2.24, 2.45) is 5.92 Å². The van der Waals surface area contributed by atoms with Crippen LogP contribution >= 0.6 is 0 Å². The van der Waals surface area contributed by atoms with Gasteiger partial charge in [0.2, 0.25) is 18.6 Å². The minimum Gasteiger partial charge on any atom is -0.494 e. The van der Waals surface area contributed by atoms with Gasteiger partial charge < -0.3 is 29.3 Å². The highest BCUT2D eigenvalue weighted by Crippen LogP contribution is 2.35. The second-order valence-corrected chi connectivity index (χ2v) is 10.6. The van der Waals surface area contributed by atoms with E-state index in [9.17, 15) is 14.4 Å². The van der Waals surface area contributed by atoms with Gasteiger partial charge >= 0.3 is 0 Å². The van der Waals surface area contributed by atoms with Crippen molar-refractivity contribution in [2.75, 3.05) is 46.1 Å². The van der Waals surface area contributed by atoms with E-state index in [2.05, 4.69) is 5.32 Å². The van der Waals surface area contributed by atoms with E-state index in [1.807, 2.05) is 54.6 Å². The summed E-state index contributed by atoms with van der Waals surface area (Å²) in [5.74, 6) is 0.816. The van der Waals surface area contributed by atoms with Crippen LogP contribution in [0.2, 0.25) is 0 Å². The number of carbonyl (C=O) groups excluding carboxylic acids is 3. The summed E-state index contributed by atoms with van der Waals surface area (Å²) in [5.41, 5.74) is 2.40. The number of hydrogen-bond donors (Lipinski definition) is 1. The Morgan fingerprint density at radius 2 is 1.67 bits per heavy atom. The van der Waals surface area contributed by atoms with Crippen LogP contribution < -0.4 is 19.5 Å². The van der Waals surface area contributed by atoms with Gasteiger partial charge in [-0.2, -0.15) is 0 Å². The number of rotatable bonds is 3. The van der Waals surface area contributed by atoms with Crippen molar-refractivity contribution in [1.82, 2.24) is 15.1 Å². The molecule has 9 heteroatoms. The van der Waals surface area contributed by atoms with Gasteiger partial charge in [-0.3, -0.25) is 14.4 Å². The molecule has 0 unspecified atom stereocenters. The van der Waals surface area contributed by atoms with Gasteiger partial charge in [0.05, 0.1) is 12.5 Å². The molecule has 0 radical (unpaired) electrons. The van der Waals surface area contributed by atoms with Crippen LogP contribution in [0.4, 0.5) is 0 Å². The fraction of sp³-hybridized carbons (Fsp3) is 0.303. The van der Waals surface area contributed by atoms with E-state index < -0.39 is 5.92 Å². The first-order valence-corrected chi connectivity index (χ1v) is 14.3. The molecule has 1 N–H and O–H groups in total. The molecule has 3 aliphatic heterocycles. The predicted molar refractivity (Wildman–Crippen MR) is 156 cm³/mol. The van der Waals surface area contributed by atoms with Gasteiger partial charge in [-0.15, -0.1) is 0 Å². The molecule has 2 bridgehead atoms. The first-order chi connectivity index (χ1) is 20.5. The lowest BCUT2D eigenvalue weighted by molar-refractivity contribution is -0.126. The van der Waals surface area contributed by atoms with Crippen molar-refractivity contribution in [1.29, 1.82) is 0 Å². The van der Waals surface area contributed by atoms with Crippen molar-refractivity contribution < 1.29 is 28.6 Å². The largest absolute Gasteiger partial charge is 0.494 e.